The standard InChI is InChI=1S/C25H41N5O3S/c1-5-15-28-17-13-20(14-18-28)26-25(31)12-11-24-27-22-19-21(34(32,33)29(7-3)8-4)9-10-23(22)30(24)16-6-2/h9-10,19-20H,5-8,11-18H2,1-4H3,(H,26,31). The largest absolute Gasteiger partial charge is 0.353 e. The smallest absolute Gasteiger partial charge is 0.243 e. The van der Waals surface area contributed by atoms with Crippen molar-refractivity contribution in [2.75, 3.05) is 32.7 Å². The lowest BCUT2D eigenvalue weighted by Crippen LogP contribution is -2.44. The van der Waals surface area contributed by atoms with Gasteiger partial charge in [0.25, 0.3) is 0 Å². The Kier molecular flexibility index (Phi) is 9.50. The van der Waals surface area contributed by atoms with Gasteiger partial charge in [-0.15, -0.1) is 0 Å². The highest BCUT2D eigenvalue weighted by Crippen LogP contribution is 2.24. The maximum atomic E-state index is 13.0. The van der Waals surface area contributed by atoms with Crippen molar-refractivity contribution in [2.24, 2.45) is 0 Å². The van der Waals surface area contributed by atoms with Crippen molar-refractivity contribution < 1.29 is 13.2 Å². The number of sulfonamides is 1. The van der Waals surface area contributed by atoms with E-state index in [9.17, 15) is 13.2 Å². The number of nitrogens with zero attached hydrogens (tertiary/aromatic N) is 4. The van der Waals surface area contributed by atoms with Crippen LogP contribution in [0.3, 0.4) is 0 Å². The fourth-order valence-electron chi connectivity index (χ4n) is 4.84. The van der Waals surface area contributed by atoms with E-state index in [0.717, 1.165) is 56.8 Å². The Hall–Kier alpha value is -1.97. The van der Waals surface area contributed by atoms with Crippen LogP contribution in [0.4, 0.5) is 0 Å². The van der Waals surface area contributed by atoms with Crippen LogP contribution in [-0.2, 0) is 27.8 Å². The van der Waals surface area contributed by atoms with E-state index in [1.165, 1.54) is 10.7 Å². The molecule has 0 unspecified atom stereocenters. The average molecular weight is 492 g/mol. The second kappa shape index (κ2) is 12.1. The number of piperidine rings is 1. The Morgan fingerprint density at radius 2 is 1.76 bits per heavy atom. The normalized spacial score (nSPS) is 15.9. The van der Waals surface area contributed by atoms with Crippen molar-refractivity contribution in [3.63, 3.8) is 0 Å². The predicted molar refractivity (Wildman–Crippen MR) is 136 cm³/mol. The molecule has 0 spiro atoms. The van der Waals surface area contributed by atoms with Gasteiger partial charge in [-0.1, -0.05) is 27.7 Å². The number of nitrogens with one attached hydrogen (secondary N) is 1. The van der Waals surface area contributed by atoms with Crippen molar-refractivity contribution in [3.8, 4) is 0 Å². The monoisotopic (exact) mass is 491 g/mol. The van der Waals surface area contributed by atoms with Gasteiger partial charge in [0.15, 0.2) is 0 Å². The SMILES string of the molecule is CCCN1CCC(NC(=O)CCc2nc3cc(S(=O)(=O)N(CC)CC)ccc3n2CCC)CC1. The molecule has 190 valence electrons. The van der Waals surface area contributed by atoms with Crippen molar-refractivity contribution in [1.29, 1.82) is 0 Å². The fraction of sp³-hybridized carbons (Fsp3) is 0.680. The van der Waals surface area contributed by atoms with Gasteiger partial charge < -0.3 is 14.8 Å². The number of imidazole rings is 1. The minimum atomic E-state index is -3.54. The van der Waals surface area contributed by atoms with Crippen LogP contribution in [0.15, 0.2) is 23.1 Å². The van der Waals surface area contributed by atoms with Crippen LogP contribution in [0, 0.1) is 0 Å². The zero-order valence-corrected chi connectivity index (χ0v) is 22.0. The Morgan fingerprint density at radius 1 is 1.09 bits per heavy atom. The van der Waals surface area contributed by atoms with E-state index in [1.807, 2.05) is 19.9 Å². The maximum Gasteiger partial charge on any atom is 0.243 e. The number of carbonyl (C=O) groups excluding carboxylic acids is 1. The predicted octanol–water partition coefficient (Wildman–Crippen LogP) is 3.40. The van der Waals surface area contributed by atoms with Crippen LogP contribution >= 0.6 is 0 Å². The third-order valence-corrected chi connectivity index (χ3v) is 8.70. The van der Waals surface area contributed by atoms with E-state index in [2.05, 4.69) is 28.6 Å². The summed E-state index contributed by atoms with van der Waals surface area (Å²) in [5.41, 5.74) is 1.58. The summed E-state index contributed by atoms with van der Waals surface area (Å²) in [6.45, 7) is 12.8. The fourth-order valence-corrected chi connectivity index (χ4v) is 6.32. The summed E-state index contributed by atoms with van der Waals surface area (Å²) in [5.74, 6) is 0.899. The van der Waals surface area contributed by atoms with E-state index in [-0.39, 0.29) is 16.8 Å². The first kappa shape index (κ1) is 26.6. The van der Waals surface area contributed by atoms with Crippen LogP contribution in [0.5, 0.6) is 0 Å². The zero-order valence-electron chi connectivity index (χ0n) is 21.2. The number of rotatable bonds is 12. The summed E-state index contributed by atoms with van der Waals surface area (Å²) >= 11 is 0. The van der Waals surface area contributed by atoms with Crippen molar-refractivity contribution >= 4 is 27.0 Å². The second-order valence-electron chi connectivity index (χ2n) is 9.10. The van der Waals surface area contributed by atoms with Gasteiger partial charge in [-0.05, 0) is 50.4 Å². The van der Waals surface area contributed by atoms with Crippen LogP contribution in [0.2, 0.25) is 0 Å². The quantitative estimate of drug-likeness (QED) is 0.492. The van der Waals surface area contributed by atoms with Crippen molar-refractivity contribution in [3.05, 3.63) is 24.0 Å². The highest BCUT2D eigenvalue weighted by Gasteiger charge is 2.24. The third-order valence-electron chi connectivity index (χ3n) is 6.66. The van der Waals surface area contributed by atoms with Gasteiger partial charge in [0.1, 0.15) is 5.82 Å². The van der Waals surface area contributed by atoms with E-state index < -0.39 is 10.0 Å². The van der Waals surface area contributed by atoms with Gasteiger partial charge in [-0.2, -0.15) is 4.31 Å². The van der Waals surface area contributed by atoms with Gasteiger partial charge in [0.2, 0.25) is 15.9 Å². The van der Waals surface area contributed by atoms with Crippen LogP contribution in [0.1, 0.15) is 65.6 Å². The summed E-state index contributed by atoms with van der Waals surface area (Å²) < 4.78 is 29.5. The zero-order chi connectivity index (χ0) is 24.7. The van der Waals surface area contributed by atoms with E-state index >= 15 is 0 Å². The van der Waals surface area contributed by atoms with Crippen molar-refractivity contribution in [1.82, 2.24) is 24.1 Å². The van der Waals surface area contributed by atoms with E-state index in [0.29, 0.717) is 31.4 Å². The molecule has 34 heavy (non-hydrogen) atoms. The first-order valence-corrected chi connectivity index (χ1v) is 14.3. The first-order valence-electron chi connectivity index (χ1n) is 12.8. The number of carbonyl (C=O) groups is 1. The molecule has 1 aliphatic heterocycles. The van der Waals surface area contributed by atoms with E-state index in [4.69, 9.17) is 4.98 Å². The number of aryl methyl sites for hydroxylation is 2. The molecule has 1 fully saturated rings. The molecule has 1 N–H and O–H groups in total. The number of likely N-dealkylation sites (tertiary alicyclic amines) is 1. The molecule has 0 atom stereocenters. The molecule has 2 heterocycles. The molecule has 0 saturated carbocycles. The molecule has 2 aromatic rings. The average Bonchev–Trinajstić information content (AvgIpc) is 3.17. The lowest BCUT2D eigenvalue weighted by molar-refractivity contribution is -0.122. The van der Waals surface area contributed by atoms with Crippen LogP contribution < -0.4 is 5.32 Å². The Labute approximate surface area is 204 Å². The molecule has 1 aromatic heterocycles. The third kappa shape index (κ3) is 6.17. The molecule has 1 amide bonds. The summed E-state index contributed by atoms with van der Waals surface area (Å²) in [4.78, 5) is 20.1. The molecular weight excluding hydrogens is 450 g/mol. The van der Waals surface area contributed by atoms with Crippen LogP contribution in [-0.4, -0.2) is 71.8 Å². The number of aromatic nitrogens is 2. The van der Waals surface area contributed by atoms with Gasteiger partial charge in [0.05, 0.1) is 15.9 Å². The molecule has 0 bridgehead atoms. The summed E-state index contributed by atoms with van der Waals surface area (Å²) in [6.07, 6.45) is 5.02. The lowest BCUT2D eigenvalue weighted by atomic mass is 10.0. The molecule has 9 heteroatoms. The van der Waals surface area contributed by atoms with Gasteiger partial charge >= 0.3 is 0 Å². The molecular formula is C25H41N5O3S. The Morgan fingerprint density at radius 3 is 2.38 bits per heavy atom. The highest BCUT2D eigenvalue weighted by atomic mass is 32.2. The van der Waals surface area contributed by atoms with Crippen LogP contribution in [0.25, 0.3) is 11.0 Å². The number of hydrogen-bond acceptors (Lipinski definition) is 5. The number of hydrogen-bond donors (Lipinski definition) is 1. The molecule has 8 nitrogen and oxygen atoms in total. The van der Waals surface area contributed by atoms with Gasteiger partial charge in [0, 0.05) is 51.6 Å². The molecule has 1 aromatic carbocycles. The lowest BCUT2D eigenvalue weighted by Gasteiger charge is -2.32. The Bertz CT molecular complexity index is 1050. The highest BCUT2D eigenvalue weighted by molar-refractivity contribution is 7.89. The minimum absolute atomic E-state index is 0.0637. The van der Waals surface area contributed by atoms with Gasteiger partial charge in [-0.3, -0.25) is 4.79 Å². The molecule has 3 rings (SSSR count). The van der Waals surface area contributed by atoms with Gasteiger partial charge in [-0.25, -0.2) is 13.4 Å². The molecule has 0 aliphatic carbocycles. The maximum absolute atomic E-state index is 13.0. The first-order chi connectivity index (χ1) is 16.3. The Balaban J connectivity index is 1.70. The molecule has 1 saturated heterocycles. The molecule has 1 aliphatic rings. The second-order valence-corrected chi connectivity index (χ2v) is 11.0. The minimum Gasteiger partial charge on any atom is -0.353 e. The molecule has 0 radical (unpaired) electrons. The van der Waals surface area contributed by atoms with Crippen molar-refractivity contribution in [2.45, 2.75) is 83.7 Å². The van der Waals surface area contributed by atoms with E-state index in [1.54, 1.807) is 12.1 Å². The summed E-state index contributed by atoms with van der Waals surface area (Å²) in [5, 5.41) is 3.20. The topological polar surface area (TPSA) is 87.5 Å². The summed E-state index contributed by atoms with van der Waals surface area (Å²) in [7, 11) is -3.54. The number of benzene rings is 1. The number of fused-ring (bicyclic) bond motifs is 1. The summed E-state index contributed by atoms with van der Waals surface area (Å²) in [6, 6.07) is 5.44. The number of amides is 1.